The number of anilines is 1. The topological polar surface area (TPSA) is 48.7 Å². The van der Waals surface area contributed by atoms with E-state index < -0.39 is 5.82 Å². The first-order valence-electron chi connectivity index (χ1n) is 5.33. The van der Waals surface area contributed by atoms with Gasteiger partial charge in [-0.15, -0.1) is 0 Å². The lowest BCUT2D eigenvalue weighted by Gasteiger charge is -2.08. The van der Waals surface area contributed by atoms with Crippen molar-refractivity contribution in [1.29, 1.82) is 5.26 Å². The summed E-state index contributed by atoms with van der Waals surface area (Å²) in [6, 6.07) is 7.95. The molecular weight excluding hydrogens is 333 g/mol. The zero-order chi connectivity index (χ0) is 13.8. The van der Waals surface area contributed by atoms with Crippen molar-refractivity contribution in [1.82, 2.24) is 4.98 Å². The lowest BCUT2D eigenvalue weighted by atomic mass is 10.1. The second-order valence-electron chi connectivity index (χ2n) is 3.76. The molecule has 1 aromatic heterocycles. The maximum Gasteiger partial charge on any atom is 0.140 e. The van der Waals surface area contributed by atoms with Gasteiger partial charge in [0, 0.05) is 18.3 Å². The smallest absolute Gasteiger partial charge is 0.140 e. The van der Waals surface area contributed by atoms with Crippen LogP contribution in [-0.2, 0) is 6.54 Å². The molecule has 1 heterocycles. The van der Waals surface area contributed by atoms with Gasteiger partial charge < -0.3 is 5.32 Å². The second-order valence-corrected chi connectivity index (χ2v) is 5.05. The van der Waals surface area contributed by atoms with Crippen LogP contribution in [0, 0.1) is 17.1 Å². The minimum absolute atomic E-state index is 0.269. The Morgan fingerprint density at radius 1 is 1.42 bits per heavy atom. The molecule has 0 saturated heterocycles. The Hall–Kier alpha value is -1.64. The maximum absolute atomic E-state index is 13.7. The quantitative estimate of drug-likeness (QED) is 0.914. The van der Waals surface area contributed by atoms with Gasteiger partial charge >= 0.3 is 0 Å². The molecule has 6 heteroatoms. The first-order valence-corrected chi connectivity index (χ1v) is 6.50. The summed E-state index contributed by atoms with van der Waals surface area (Å²) in [6.07, 6.45) is 1.50. The van der Waals surface area contributed by atoms with Crippen molar-refractivity contribution in [3.05, 3.63) is 56.9 Å². The van der Waals surface area contributed by atoms with Gasteiger partial charge in [0.25, 0.3) is 0 Å². The van der Waals surface area contributed by atoms with Crippen molar-refractivity contribution in [2.75, 3.05) is 5.32 Å². The zero-order valence-corrected chi connectivity index (χ0v) is 12.0. The highest BCUT2D eigenvalue weighted by molar-refractivity contribution is 9.10. The van der Waals surface area contributed by atoms with Gasteiger partial charge in [0.2, 0.25) is 0 Å². The number of hydrogen-bond donors (Lipinski definition) is 1. The van der Waals surface area contributed by atoms with E-state index in [0.717, 1.165) is 0 Å². The molecule has 96 valence electrons. The Morgan fingerprint density at radius 2 is 2.21 bits per heavy atom. The van der Waals surface area contributed by atoms with E-state index in [2.05, 4.69) is 26.2 Å². The molecule has 2 aromatic rings. The van der Waals surface area contributed by atoms with Crippen molar-refractivity contribution in [2.24, 2.45) is 0 Å². The van der Waals surface area contributed by atoms with Crippen LogP contribution in [0.3, 0.4) is 0 Å². The average molecular weight is 341 g/mol. The predicted molar refractivity (Wildman–Crippen MR) is 75.4 cm³/mol. The van der Waals surface area contributed by atoms with Crippen LogP contribution in [0.1, 0.15) is 11.1 Å². The van der Waals surface area contributed by atoms with E-state index in [1.165, 1.54) is 12.3 Å². The van der Waals surface area contributed by atoms with Gasteiger partial charge in [-0.1, -0.05) is 17.7 Å². The molecule has 0 aliphatic carbocycles. The molecule has 0 bridgehead atoms. The van der Waals surface area contributed by atoms with Crippen LogP contribution < -0.4 is 5.32 Å². The van der Waals surface area contributed by atoms with Crippen molar-refractivity contribution in [3.63, 3.8) is 0 Å². The fourth-order valence-corrected chi connectivity index (χ4v) is 2.26. The largest absolute Gasteiger partial charge is 0.365 e. The highest BCUT2D eigenvalue weighted by Crippen LogP contribution is 2.23. The molecule has 19 heavy (non-hydrogen) atoms. The summed E-state index contributed by atoms with van der Waals surface area (Å²) in [4.78, 5) is 4.09. The molecule has 0 aliphatic heterocycles. The standard InChI is InChI=1S/C13H8BrClFN3/c14-11-4-10(15)7-19-13(11)18-6-9-2-1-8(5-17)3-12(9)16/h1-4,7H,6H2,(H,18,19). The summed E-state index contributed by atoms with van der Waals surface area (Å²) in [5.74, 6) is 0.157. The summed E-state index contributed by atoms with van der Waals surface area (Å²) >= 11 is 9.10. The molecule has 1 N–H and O–H groups in total. The molecule has 0 atom stereocenters. The van der Waals surface area contributed by atoms with Crippen LogP contribution in [0.25, 0.3) is 0 Å². The number of rotatable bonds is 3. The van der Waals surface area contributed by atoms with E-state index in [-0.39, 0.29) is 6.54 Å². The number of aromatic nitrogens is 1. The van der Waals surface area contributed by atoms with E-state index in [9.17, 15) is 4.39 Å². The zero-order valence-electron chi connectivity index (χ0n) is 9.62. The van der Waals surface area contributed by atoms with E-state index >= 15 is 0 Å². The third kappa shape index (κ3) is 3.43. The van der Waals surface area contributed by atoms with Crippen molar-refractivity contribution >= 4 is 33.3 Å². The van der Waals surface area contributed by atoms with Crippen LogP contribution in [0.15, 0.2) is 34.9 Å². The first kappa shape index (κ1) is 13.8. The number of nitrogens with zero attached hydrogens (tertiary/aromatic N) is 2. The fourth-order valence-electron chi connectivity index (χ4n) is 1.48. The monoisotopic (exact) mass is 339 g/mol. The summed E-state index contributed by atoms with van der Waals surface area (Å²) < 4.78 is 14.4. The average Bonchev–Trinajstić information content (AvgIpc) is 2.39. The molecule has 0 fully saturated rings. The van der Waals surface area contributed by atoms with Gasteiger partial charge in [-0.3, -0.25) is 0 Å². The first-order chi connectivity index (χ1) is 9.10. The number of halogens is 3. The van der Waals surface area contributed by atoms with E-state index in [0.29, 0.717) is 26.4 Å². The lowest BCUT2D eigenvalue weighted by Crippen LogP contribution is -2.04. The molecule has 2 rings (SSSR count). The highest BCUT2D eigenvalue weighted by atomic mass is 79.9. The highest BCUT2D eigenvalue weighted by Gasteiger charge is 2.06. The Bertz CT molecular complexity index is 655. The maximum atomic E-state index is 13.7. The van der Waals surface area contributed by atoms with Crippen LogP contribution in [-0.4, -0.2) is 4.98 Å². The Labute approximate surface area is 123 Å². The van der Waals surface area contributed by atoms with Gasteiger partial charge in [0.1, 0.15) is 11.6 Å². The van der Waals surface area contributed by atoms with Gasteiger partial charge in [0.05, 0.1) is 21.1 Å². The summed E-state index contributed by atoms with van der Waals surface area (Å²) in [6.45, 7) is 0.269. The third-order valence-corrected chi connectivity index (χ3v) is 3.25. The number of nitriles is 1. The molecule has 0 spiro atoms. The van der Waals surface area contributed by atoms with Gasteiger partial charge in [0.15, 0.2) is 0 Å². The molecule has 0 saturated carbocycles. The Kier molecular flexibility index (Phi) is 4.35. The molecule has 3 nitrogen and oxygen atoms in total. The number of benzene rings is 1. The molecule has 0 unspecified atom stereocenters. The normalized spacial score (nSPS) is 10.0. The van der Waals surface area contributed by atoms with E-state index in [1.807, 2.05) is 6.07 Å². The fraction of sp³-hybridized carbons (Fsp3) is 0.0769. The predicted octanol–water partition coefficient (Wildman–Crippen LogP) is 4.12. The van der Waals surface area contributed by atoms with Crippen LogP contribution in [0.4, 0.5) is 10.2 Å². The second kappa shape index (κ2) is 6.00. The molecule has 0 radical (unpaired) electrons. The Morgan fingerprint density at radius 3 is 2.84 bits per heavy atom. The minimum atomic E-state index is -0.420. The van der Waals surface area contributed by atoms with Gasteiger partial charge in [-0.05, 0) is 34.1 Å². The Balaban J connectivity index is 2.13. The summed E-state index contributed by atoms with van der Waals surface area (Å²) in [7, 11) is 0. The van der Waals surface area contributed by atoms with Crippen LogP contribution in [0.2, 0.25) is 5.02 Å². The van der Waals surface area contributed by atoms with Crippen LogP contribution in [0.5, 0.6) is 0 Å². The SMILES string of the molecule is N#Cc1ccc(CNc2ncc(Cl)cc2Br)c(F)c1. The summed E-state index contributed by atoms with van der Waals surface area (Å²) in [5, 5.41) is 12.2. The number of nitrogens with one attached hydrogen (secondary N) is 1. The van der Waals surface area contributed by atoms with Crippen molar-refractivity contribution in [2.45, 2.75) is 6.54 Å². The minimum Gasteiger partial charge on any atom is -0.365 e. The van der Waals surface area contributed by atoms with Crippen molar-refractivity contribution < 1.29 is 4.39 Å². The van der Waals surface area contributed by atoms with E-state index in [4.69, 9.17) is 16.9 Å². The van der Waals surface area contributed by atoms with E-state index in [1.54, 1.807) is 18.2 Å². The lowest BCUT2D eigenvalue weighted by molar-refractivity contribution is 0.612. The molecule has 1 aromatic carbocycles. The number of pyridine rings is 1. The van der Waals surface area contributed by atoms with Crippen molar-refractivity contribution in [3.8, 4) is 6.07 Å². The van der Waals surface area contributed by atoms with Gasteiger partial charge in [-0.2, -0.15) is 5.26 Å². The van der Waals surface area contributed by atoms with Crippen LogP contribution >= 0.6 is 27.5 Å². The third-order valence-electron chi connectivity index (χ3n) is 2.44. The molecule has 0 aliphatic rings. The number of hydrogen-bond acceptors (Lipinski definition) is 3. The summed E-state index contributed by atoms with van der Waals surface area (Å²) in [5.41, 5.74) is 0.759. The molecular formula is C13H8BrClFN3. The van der Waals surface area contributed by atoms with Gasteiger partial charge in [-0.25, -0.2) is 9.37 Å². The molecule has 0 amide bonds.